The molecule has 146 valence electrons. The molecule has 3 rings (SSSR count). The summed E-state index contributed by atoms with van der Waals surface area (Å²) in [5.74, 6) is 0.154. The molecule has 11 nitrogen and oxygen atoms in total. The van der Waals surface area contributed by atoms with Crippen LogP contribution in [0, 0.1) is 0 Å². The standard InChI is InChI=1S/C17H19N7O4/c1-22-15(12-4-2-3-7-18-12)21-24(17(22)28)11-8-19-13(25)5-9-23-10-6-14(26)20-16(23)27/h2-4,6-7,10H,5,8-9,11H2,1H3,(H,19,25)(H,20,26,27). The molecule has 0 atom stereocenters. The first-order valence-electron chi connectivity index (χ1n) is 8.57. The Labute approximate surface area is 158 Å². The largest absolute Gasteiger partial charge is 0.354 e. The molecular weight excluding hydrogens is 366 g/mol. The fraction of sp³-hybridized carbons (Fsp3) is 0.294. The van der Waals surface area contributed by atoms with Crippen molar-refractivity contribution in [2.75, 3.05) is 6.54 Å². The van der Waals surface area contributed by atoms with E-state index in [2.05, 4.69) is 20.4 Å². The van der Waals surface area contributed by atoms with Crippen molar-refractivity contribution in [1.29, 1.82) is 0 Å². The molecular formula is C17H19N7O4. The summed E-state index contributed by atoms with van der Waals surface area (Å²) >= 11 is 0. The molecule has 3 aromatic heterocycles. The van der Waals surface area contributed by atoms with E-state index in [1.807, 2.05) is 0 Å². The summed E-state index contributed by atoms with van der Waals surface area (Å²) in [5.41, 5.74) is -0.787. The first-order chi connectivity index (χ1) is 13.5. The summed E-state index contributed by atoms with van der Waals surface area (Å²) in [6.07, 6.45) is 3.01. The normalized spacial score (nSPS) is 10.8. The van der Waals surface area contributed by atoms with Gasteiger partial charge in [-0.3, -0.25) is 24.1 Å². The fourth-order valence-corrected chi connectivity index (χ4v) is 2.58. The Morgan fingerprint density at radius 3 is 2.71 bits per heavy atom. The molecule has 11 heteroatoms. The maximum absolute atomic E-state index is 12.3. The van der Waals surface area contributed by atoms with E-state index in [0.717, 1.165) is 0 Å². The average molecular weight is 385 g/mol. The summed E-state index contributed by atoms with van der Waals surface area (Å²) < 4.78 is 3.90. The van der Waals surface area contributed by atoms with Gasteiger partial charge in [-0.15, -0.1) is 5.10 Å². The molecule has 0 spiro atoms. The molecule has 3 aromatic rings. The number of aromatic amines is 1. The van der Waals surface area contributed by atoms with Crippen molar-refractivity contribution in [3.8, 4) is 11.5 Å². The molecule has 0 fully saturated rings. The number of aromatic nitrogens is 6. The lowest BCUT2D eigenvalue weighted by molar-refractivity contribution is -0.121. The summed E-state index contributed by atoms with van der Waals surface area (Å²) in [6, 6.07) is 6.55. The molecule has 0 bridgehead atoms. The lowest BCUT2D eigenvalue weighted by Gasteiger charge is -2.06. The number of pyridine rings is 1. The molecule has 3 heterocycles. The second-order valence-corrected chi connectivity index (χ2v) is 6.01. The van der Waals surface area contributed by atoms with Crippen molar-refractivity contribution in [3.63, 3.8) is 0 Å². The molecule has 0 saturated carbocycles. The Morgan fingerprint density at radius 1 is 1.18 bits per heavy atom. The fourth-order valence-electron chi connectivity index (χ4n) is 2.58. The van der Waals surface area contributed by atoms with Crippen molar-refractivity contribution in [3.05, 3.63) is 68.0 Å². The second-order valence-electron chi connectivity index (χ2n) is 6.01. The third kappa shape index (κ3) is 4.31. The van der Waals surface area contributed by atoms with Gasteiger partial charge in [-0.05, 0) is 12.1 Å². The van der Waals surface area contributed by atoms with Crippen LogP contribution in [-0.4, -0.2) is 41.3 Å². The van der Waals surface area contributed by atoms with Gasteiger partial charge in [0, 0.05) is 45.0 Å². The predicted octanol–water partition coefficient (Wildman–Crippen LogP) is -1.30. The van der Waals surface area contributed by atoms with Crippen LogP contribution in [0.25, 0.3) is 11.5 Å². The van der Waals surface area contributed by atoms with E-state index in [-0.39, 0.29) is 37.7 Å². The highest BCUT2D eigenvalue weighted by Crippen LogP contribution is 2.10. The summed E-state index contributed by atoms with van der Waals surface area (Å²) in [7, 11) is 1.61. The Balaban J connectivity index is 1.55. The lowest BCUT2D eigenvalue weighted by atomic mass is 10.3. The van der Waals surface area contributed by atoms with E-state index in [1.54, 1.807) is 31.4 Å². The summed E-state index contributed by atoms with van der Waals surface area (Å²) in [6.45, 7) is 0.538. The molecule has 28 heavy (non-hydrogen) atoms. The molecule has 0 unspecified atom stereocenters. The Bertz CT molecular complexity index is 1140. The molecule has 2 N–H and O–H groups in total. The van der Waals surface area contributed by atoms with Gasteiger partial charge in [-0.2, -0.15) is 0 Å². The van der Waals surface area contributed by atoms with Crippen LogP contribution in [0.1, 0.15) is 6.42 Å². The maximum Gasteiger partial charge on any atom is 0.346 e. The Kier molecular flexibility index (Phi) is 5.63. The number of hydrogen-bond acceptors (Lipinski definition) is 6. The topological polar surface area (TPSA) is 137 Å². The lowest BCUT2D eigenvalue weighted by Crippen LogP contribution is -2.33. The molecule has 0 aliphatic carbocycles. The Hall–Kier alpha value is -3.76. The first-order valence-corrected chi connectivity index (χ1v) is 8.57. The zero-order valence-corrected chi connectivity index (χ0v) is 15.2. The number of carbonyl (C=O) groups is 1. The molecule has 0 aliphatic heterocycles. The van der Waals surface area contributed by atoms with Crippen molar-refractivity contribution in [2.45, 2.75) is 19.5 Å². The molecule has 0 saturated heterocycles. The van der Waals surface area contributed by atoms with Gasteiger partial charge in [0.2, 0.25) is 5.91 Å². The Morgan fingerprint density at radius 2 is 2.00 bits per heavy atom. The monoisotopic (exact) mass is 385 g/mol. The van der Waals surface area contributed by atoms with Crippen molar-refractivity contribution < 1.29 is 4.79 Å². The van der Waals surface area contributed by atoms with E-state index >= 15 is 0 Å². The predicted molar refractivity (Wildman–Crippen MR) is 99.6 cm³/mol. The number of carbonyl (C=O) groups excluding carboxylic acids is 1. The highest BCUT2D eigenvalue weighted by molar-refractivity contribution is 5.75. The smallest absolute Gasteiger partial charge is 0.346 e. The minimum atomic E-state index is -0.567. The van der Waals surface area contributed by atoms with Crippen LogP contribution in [0.4, 0.5) is 0 Å². The quantitative estimate of drug-likeness (QED) is 0.519. The van der Waals surface area contributed by atoms with Crippen LogP contribution in [0.15, 0.2) is 51.0 Å². The van der Waals surface area contributed by atoms with Gasteiger partial charge in [0.15, 0.2) is 5.82 Å². The van der Waals surface area contributed by atoms with E-state index in [1.165, 1.54) is 26.1 Å². The van der Waals surface area contributed by atoms with Gasteiger partial charge >= 0.3 is 11.4 Å². The van der Waals surface area contributed by atoms with Crippen molar-refractivity contribution in [2.24, 2.45) is 7.05 Å². The number of hydrogen-bond donors (Lipinski definition) is 2. The molecule has 0 radical (unpaired) electrons. The number of aryl methyl sites for hydroxylation is 1. The van der Waals surface area contributed by atoms with Gasteiger partial charge in [-0.25, -0.2) is 14.3 Å². The van der Waals surface area contributed by atoms with Gasteiger partial charge in [0.25, 0.3) is 5.56 Å². The zero-order valence-electron chi connectivity index (χ0n) is 15.2. The number of H-pyrrole nitrogens is 1. The van der Waals surface area contributed by atoms with E-state index in [0.29, 0.717) is 11.5 Å². The average Bonchev–Trinajstić information content (AvgIpc) is 2.96. The van der Waals surface area contributed by atoms with Crippen LogP contribution in [0.2, 0.25) is 0 Å². The third-order valence-corrected chi connectivity index (χ3v) is 4.06. The van der Waals surface area contributed by atoms with Crippen LogP contribution in [-0.2, 0) is 24.9 Å². The van der Waals surface area contributed by atoms with E-state index in [9.17, 15) is 19.2 Å². The SMILES string of the molecule is Cn1c(-c2ccccn2)nn(CCNC(=O)CCn2ccc(=O)[nH]c2=O)c1=O. The molecule has 1 amide bonds. The number of rotatable bonds is 7. The van der Waals surface area contributed by atoms with E-state index in [4.69, 9.17) is 0 Å². The van der Waals surface area contributed by atoms with Gasteiger partial charge < -0.3 is 9.88 Å². The van der Waals surface area contributed by atoms with E-state index < -0.39 is 11.2 Å². The van der Waals surface area contributed by atoms with Crippen LogP contribution in [0.3, 0.4) is 0 Å². The number of amides is 1. The van der Waals surface area contributed by atoms with Gasteiger partial charge in [-0.1, -0.05) is 6.07 Å². The van der Waals surface area contributed by atoms with Crippen LogP contribution < -0.4 is 22.3 Å². The summed E-state index contributed by atoms with van der Waals surface area (Å²) in [4.78, 5) is 53.1. The van der Waals surface area contributed by atoms with Crippen molar-refractivity contribution in [1.82, 2.24) is 34.2 Å². The highest BCUT2D eigenvalue weighted by atomic mass is 16.2. The first kappa shape index (κ1) is 19.0. The van der Waals surface area contributed by atoms with Gasteiger partial charge in [0.05, 0.1) is 6.54 Å². The van der Waals surface area contributed by atoms with Crippen molar-refractivity contribution >= 4 is 5.91 Å². The van der Waals surface area contributed by atoms with Crippen LogP contribution >= 0.6 is 0 Å². The minimum absolute atomic E-state index is 0.0578. The third-order valence-electron chi connectivity index (χ3n) is 4.06. The zero-order chi connectivity index (χ0) is 20.1. The maximum atomic E-state index is 12.3. The second kappa shape index (κ2) is 8.29. The molecule has 0 aromatic carbocycles. The minimum Gasteiger partial charge on any atom is -0.354 e. The van der Waals surface area contributed by atoms with Crippen LogP contribution in [0.5, 0.6) is 0 Å². The summed E-state index contributed by atoms with van der Waals surface area (Å²) in [5, 5.41) is 6.94. The number of nitrogens with zero attached hydrogens (tertiary/aromatic N) is 5. The van der Waals surface area contributed by atoms with Gasteiger partial charge in [0.1, 0.15) is 5.69 Å². The molecule has 0 aliphatic rings. The highest BCUT2D eigenvalue weighted by Gasteiger charge is 2.13. The number of nitrogens with one attached hydrogen (secondary N) is 2.